The predicted octanol–water partition coefficient (Wildman–Crippen LogP) is 16.8. The van der Waals surface area contributed by atoms with Gasteiger partial charge in [0.15, 0.2) is 6.10 Å². The molecule has 0 saturated carbocycles. The maximum Gasteiger partial charge on any atom is 0.306 e. The van der Waals surface area contributed by atoms with Crippen LogP contribution in [0.15, 0.2) is 0 Å². The van der Waals surface area contributed by atoms with Gasteiger partial charge in [-0.15, -0.1) is 0 Å². The van der Waals surface area contributed by atoms with Gasteiger partial charge in [-0.25, -0.2) is 0 Å². The molecule has 0 aliphatic rings. The molecule has 58 heavy (non-hydrogen) atoms. The summed E-state index contributed by atoms with van der Waals surface area (Å²) < 4.78 is 16.8. The molecule has 0 aromatic heterocycles. The Morgan fingerprint density at radius 3 is 0.690 bits per heavy atom. The van der Waals surface area contributed by atoms with Crippen LogP contribution in [0.1, 0.15) is 297 Å². The maximum atomic E-state index is 12.8. The average Bonchev–Trinajstić information content (AvgIpc) is 3.22. The van der Waals surface area contributed by atoms with Crippen molar-refractivity contribution >= 4 is 17.9 Å². The third-order valence-corrected chi connectivity index (χ3v) is 11.9. The Bertz CT molecular complexity index is 859. The highest BCUT2D eigenvalue weighted by Crippen LogP contribution is 2.17. The highest BCUT2D eigenvalue weighted by Gasteiger charge is 2.19. The molecule has 344 valence electrons. The van der Waals surface area contributed by atoms with Gasteiger partial charge < -0.3 is 14.2 Å². The summed E-state index contributed by atoms with van der Waals surface area (Å²) in [6, 6.07) is 0. The van der Waals surface area contributed by atoms with E-state index >= 15 is 0 Å². The minimum atomic E-state index is -0.759. The van der Waals surface area contributed by atoms with Gasteiger partial charge >= 0.3 is 17.9 Å². The maximum absolute atomic E-state index is 12.8. The van der Waals surface area contributed by atoms with E-state index in [2.05, 4.69) is 20.8 Å². The first-order valence-electron chi connectivity index (χ1n) is 26.0. The zero-order valence-electron chi connectivity index (χ0n) is 39.3. The molecule has 0 rings (SSSR count). The third kappa shape index (κ3) is 45.5. The molecule has 6 nitrogen and oxygen atoms in total. The first-order valence-corrected chi connectivity index (χ1v) is 26.0. The van der Waals surface area contributed by atoms with Gasteiger partial charge in [-0.1, -0.05) is 258 Å². The summed E-state index contributed by atoms with van der Waals surface area (Å²) in [6.07, 6.45) is 50.8. The minimum Gasteiger partial charge on any atom is -0.462 e. The monoisotopic (exact) mass is 821 g/mol. The summed E-state index contributed by atoms with van der Waals surface area (Å²) in [4.78, 5) is 37.9. The Balaban J connectivity index is 4.29. The van der Waals surface area contributed by atoms with Gasteiger partial charge in [0.25, 0.3) is 0 Å². The number of esters is 3. The van der Waals surface area contributed by atoms with Gasteiger partial charge in [0.1, 0.15) is 13.2 Å². The fourth-order valence-corrected chi connectivity index (χ4v) is 7.92. The minimum absolute atomic E-state index is 0.0617. The van der Waals surface area contributed by atoms with Gasteiger partial charge in [-0.3, -0.25) is 14.4 Å². The zero-order chi connectivity index (χ0) is 42.3. The summed E-state index contributed by atoms with van der Waals surface area (Å²) in [5, 5.41) is 0. The van der Waals surface area contributed by atoms with E-state index in [0.717, 1.165) is 57.8 Å². The van der Waals surface area contributed by atoms with Crippen LogP contribution in [0.3, 0.4) is 0 Å². The zero-order valence-corrected chi connectivity index (χ0v) is 39.3. The van der Waals surface area contributed by atoms with Crippen LogP contribution in [0, 0.1) is 0 Å². The quantitative estimate of drug-likeness (QED) is 0.0346. The Morgan fingerprint density at radius 1 is 0.276 bits per heavy atom. The molecule has 0 spiro atoms. The molecule has 6 heteroatoms. The van der Waals surface area contributed by atoms with Crippen LogP contribution in [-0.2, 0) is 28.6 Å². The first kappa shape index (κ1) is 56.4. The van der Waals surface area contributed by atoms with Crippen molar-refractivity contribution in [3.63, 3.8) is 0 Å². The van der Waals surface area contributed by atoms with Gasteiger partial charge in [0.2, 0.25) is 0 Å². The van der Waals surface area contributed by atoms with E-state index < -0.39 is 6.10 Å². The van der Waals surface area contributed by atoms with Crippen LogP contribution < -0.4 is 0 Å². The molecular weight excluding hydrogens is 721 g/mol. The summed E-state index contributed by atoms with van der Waals surface area (Å²) in [5.74, 6) is -0.841. The molecule has 0 aliphatic carbocycles. The van der Waals surface area contributed by atoms with Crippen molar-refractivity contribution in [1.82, 2.24) is 0 Å². The van der Waals surface area contributed by atoms with E-state index in [1.807, 2.05) is 0 Å². The van der Waals surface area contributed by atoms with E-state index in [1.54, 1.807) is 0 Å². The van der Waals surface area contributed by atoms with Gasteiger partial charge in [-0.2, -0.15) is 0 Å². The molecule has 0 N–H and O–H groups in total. The molecule has 0 radical (unpaired) electrons. The average molecular weight is 821 g/mol. The van der Waals surface area contributed by atoms with Crippen molar-refractivity contribution in [1.29, 1.82) is 0 Å². The van der Waals surface area contributed by atoms with Crippen LogP contribution in [0.4, 0.5) is 0 Å². The van der Waals surface area contributed by atoms with Crippen LogP contribution in [-0.4, -0.2) is 37.2 Å². The van der Waals surface area contributed by atoms with Crippen molar-refractivity contribution in [2.75, 3.05) is 13.2 Å². The molecular formula is C52H100O6. The van der Waals surface area contributed by atoms with E-state index in [1.165, 1.54) is 199 Å². The summed E-state index contributed by atoms with van der Waals surface area (Å²) >= 11 is 0. The molecule has 0 fully saturated rings. The molecule has 0 aliphatic heterocycles. The normalized spacial score (nSPS) is 11.8. The predicted molar refractivity (Wildman–Crippen MR) is 247 cm³/mol. The summed E-state index contributed by atoms with van der Waals surface area (Å²) in [7, 11) is 0. The summed E-state index contributed by atoms with van der Waals surface area (Å²) in [5.41, 5.74) is 0. The Morgan fingerprint density at radius 2 is 0.466 bits per heavy atom. The molecule has 0 aromatic carbocycles. The summed E-state index contributed by atoms with van der Waals surface area (Å²) in [6.45, 7) is 6.68. The lowest BCUT2D eigenvalue weighted by molar-refractivity contribution is -0.167. The fourth-order valence-electron chi connectivity index (χ4n) is 7.92. The molecule has 0 amide bonds. The highest BCUT2D eigenvalue weighted by molar-refractivity contribution is 5.71. The first-order chi connectivity index (χ1) is 28.5. The van der Waals surface area contributed by atoms with Gasteiger partial charge in [0.05, 0.1) is 0 Å². The largest absolute Gasteiger partial charge is 0.462 e. The van der Waals surface area contributed by atoms with E-state index in [4.69, 9.17) is 14.2 Å². The van der Waals surface area contributed by atoms with Gasteiger partial charge in [0, 0.05) is 19.3 Å². The number of carbonyl (C=O) groups is 3. The van der Waals surface area contributed by atoms with E-state index in [0.29, 0.717) is 19.3 Å². The van der Waals surface area contributed by atoms with Crippen molar-refractivity contribution < 1.29 is 28.6 Å². The van der Waals surface area contributed by atoms with Gasteiger partial charge in [-0.05, 0) is 19.3 Å². The molecule has 0 heterocycles. The molecule has 1 atom stereocenters. The van der Waals surface area contributed by atoms with Crippen LogP contribution in [0.2, 0.25) is 0 Å². The lowest BCUT2D eigenvalue weighted by atomic mass is 10.0. The number of unbranched alkanes of at least 4 members (excludes halogenated alkanes) is 37. The molecule has 0 saturated heterocycles. The van der Waals surface area contributed by atoms with Crippen LogP contribution in [0.25, 0.3) is 0 Å². The van der Waals surface area contributed by atoms with Crippen molar-refractivity contribution in [3.05, 3.63) is 0 Å². The smallest absolute Gasteiger partial charge is 0.306 e. The standard InChI is InChI=1S/C52H100O6/c1-4-7-10-13-16-19-22-24-26-28-30-33-36-39-42-45-51(54)57-48-49(47-56-50(53)44-41-38-35-32-29-21-18-15-12-9-6-3)58-52(55)46-43-40-37-34-31-27-25-23-20-17-14-11-8-5-2/h49H,4-48H2,1-3H3. The van der Waals surface area contributed by atoms with E-state index in [9.17, 15) is 14.4 Å². The van der Waals surface area contributed by atoms with Crippen LogP contribution in [0.5, 0.6) is 0 Å². The Kier molecular flexibility index (Phi) is 46.8. The van der Waals surface area contributed by atoms with Crippen molar-refractivity contribution in [3.8, 4) is 0 Å². The Hall–Kier alpha value is -1.59. The Labute approximate surface area is 361 Å². The topological polar surface area (TPSA) is 78.9 Å². The number of hydrogen-bond acceptors (Lipinski definition) is 6. The number of hydrogen-bond donors (Lipinski definition) is 0. The SMILES string of the molecule is CCCCCCCCCCCCCCCCCC(=O)OCC(COC(=O)CCCCCCCCCCCCC)OC(=O)CCCCCCCCCCCCCCCC. The second-order valence-electron chi connectivity index (χ2n) is 17.8. The number of carbonyl (C=O) groups excluding carboxylic acids is 3. The molecule has 0 bridgehead atoms. The van der Waals surface area contributed by atoms with Crippen molar-refractivity contribution in [2.45, 2.75) is 303 Å². The number of rotatable bonds is 48. The van der Waals surface area contributed by atoms with Crippen LogP contribution >= 0.6 is 0 Å². The fraction of sp³-hybridized carbons (Fsp3) is 0.942. The lowest BCUT2D eigenvalue weighted by Crippen LogP contribution is -2.30. The highest BCUT2D eigenvalue weighted by atomic mass is 16.6. The van der Waals surface area contributed by atoms with E-state index in [-0.39, 0.29) is 31.1 Å². The lowest BCUT2D eigenvalue weighted by Gasteiger charge is -2.18. The molecule has 1 unspecified atom stereocenters. The number of ether oxygens (including phenoxy) is 3. The molecule has 0 aromatic rings. The van der Waals surface area contributed by atoms with Crippen molar-refractivity contribution in [2.24, 2.45) is 0 Å². The second-order valence-corrected chi connectivity index (χ2v) is 17.8. The second kappa shape index (κ2) is 48.1. The third-order valence-electron chi connectivity index (χ3n) is 11.9.